The van der Waals surface area contributed by atoms with Gasteiger partial charge in [-0.2, -0.15) is 0 Å². The van der Waals surface area contributed by atoms with Crippen molar-refractivity contribution in [1.29, 1.82) is 0 Å². The minimum atomic E-state index is -0.744. The molecule has 6 heteroatoms. The lowest BCUT2D eigenvalue weighted by Crippen LogP contribution is -2.48. The molecule has 2 aliphatic rings. The highest BCUT2D eigenvalue weighted by atomic mass is 16.2. The van der Waals surface area contributed by atoms with Gasteiger partial charge in [0.1, 0.15) is 0 Å². The van der Waals surface area contributed by atoms with Crippen LogP contribution < -0.4 is 16.4 Å². The number of nitrogens with one attached hydrogen (secondary N) is 2. The molecular weight excluding hydrogens is 316 g/mol. The molecule has 1 aromatic carbocycles. The standard InChI is InChI=1S/C19H28N4O2/c20-19(9-1-2-10-19)18(25)22-16-7-5-15(6-8-16)17(24)21-11-14-23-12-3-4-13-23/h5-8H,1-4,9-14,20H2,(H,21,24)(H,22,25). The van der Waals surface area contributed by atoms with Crippen LogP contribution in [0.4, 0.5) is 5.69 Å². The van der Waals surface area contributed by atoms with Crippen LogP contribution in [0.2, 0.25) is 0 Å². The summed E-state index contributed by atoms with van der Waals surface area (Å²) in [5.74, 6) is -0.212. The Hall–Kier alpha value is -1.92. The zero-order valence-electron chi connectivity index (χ0n) is 14.7. The summed E-state index contributed by atoms with van der Waals surface area (Å²) in [5.41, 5.74) is 6.69. The number of amides is 2. The molecule has 1 aliphatic heterocycles. The second-order valence-corrected chi connectivity index (χ2v) is 7.20. The Morgan fingerprint density at radius 3 is 2.32 bits per heavy atom. The van der Waals surface area contributed by atoms with Crippen molar-refractivity contribution >= 4 is 17.5 Å². The highest BCUT2D eigenvalue weighted by Crippen LogP contribution is 2.28. The van der Waals surface area contributed by atoms with E-state index in [1.54, 1.807) is 24.3 Å². The predicted molar refractivity (Wildman–Crippen MR) is 98.5 cm³/mol. The van der Waals surface area contributed by atoms with E-state index in [2.05, 4.69) is 15.5 Å². The molecule has 4 N–H and O–H groups in total. The third-order valence-electron chi connectivity index (χ3n) is 5.27. The number of carbonyl (C=O) groups excluding carboxylic acids is 2. The first-order valence-electron chi connectivity index (χ1n) is 9.28. The van der Waals surface area contributed by atoms with Gasteiger partial charge in [-0.05, 0) is 63.0 Å². The maximum absolute atomic E-state index is 12.3. The van der Waals surface area contributed by atoms with E-state index in [4.69, 9.17) is 5.73 Å². The van der Waals surface area contributed by atoms with Crippen LogP contribution in [0.15, 0.2) is 24.3 Å². The van der Waals surface area contributed by atoms with Gasteiger partial charge in [0, 0.05) is 24.3 Å². The van der Waals surface area contributed by atoms with Gasteiger partial charge >= 0.3 is 0 Å². The molecule has 0 bridgehead atoms. The van der Waals surface area contributed by atoms with Gasteiger partial charge < -0.3 is 21.3 Å². The van der Waals surface area contributed by atoms with Gasteiger partial charge in [-0.25, -0.2) is 0 Å². The third kappa shape index (κ3) is 4.58. The molecule has 1 aromatic rings. The van der Waals surface area contributed by atoms with Gasteiger partial charge in [0.2, 0.25) is 5.91 Å². The maximum atomic E-state index is 12.3. The lowest BCUT2D eigenvalue weighted by molar-refractivity contribution is -0.121. The van der Waals surface area contributed by atoms with E-state index in [-0.39, 0.29) is 11.8 Å². The van der Waals surface area contributed by atoms with Crippen molar-refractivity contribution in [2.24, 2.45) is 5.73 Å². The van der Waals surface area contributed by atoms with Gasteiger partial charge in [-0.15, -0.1) is 0 Å². The van der Waals surface area contributed by atoms with Gasteiger partial charge in [-0.1, -0.05) is 12.8 Å². The van der Waals surface area contributed by atoms with Crippen LogP contribution in [0.3, 0.4) is 0 Å². The maximum Gasteiger partial charge on any atom is 0.251 e. The fourth-order valence-corrected chi connectivity index (χ4v) is 3.63. The first kappa shape index (κ1) is 17.9. The second kappa shape index (κ2) is 7.97. The second-order valence-electron chi connectivity index (χ2n) is 7.20. The quantitative estimate of drug-likeness (QED) is 0.733. The van der Waals surface area contributed by atoms with Crippen LogP contribution in [0.25, 0.3) is 0 Å². The van der Waals surface area contributed by atoms with E-state index in [1.807, 2.05) is 0 Å². The molecule has 25 heavy (non-hydrogen) atoms. The summed E-state index contributed by atoms with van der Waals surface area (Å²) in [6.07, 6.45) is 5.98. The van der Waals surface area contributed by atoms with Gasteiger partial charge in [0.15, 0.2) is 0 Å². The van der Waals surface area contributed by atoms with Crippen molar-refractivity contribution in [2.45, 2.75) is 44.1 Å². The van der Waals surface area contributed by atoms with E-state index >= 15 is 0 Å². The zero-order valence-corrected chi connectivity index (χ0v) is 14.7. The lowest BCUT2D eigenvalue weighted by Gasteiger charge is -2.22. The number of likely N-dealkylation sites (tertiary alicyclic amines) is 1. The molecule has 1 saturated carbocycles. The fourth-order valence-electron chi connectivity index (χ4n) is 3.63. The van der Waals surface area contributed by atoms with Crippen LogP contribution >= 0.6 is 0 Å². The Morgan fingerprint density at radius 2 is 1.68 bits per heavy atom. The highest BCUT2D eigenvalue weighted by Gasteiger charge is 2.36. The van der Waals surface area contributed by atoms with Crippen LogP contribution in [-0.2, 0) is 4.79 Å². The molecule has 1 saturated heterocycles. The van der Waals surface area contributed by atoms with E-state index in [0.29, 0.717) is 17.8 Å². The lowest BCUT2D eigenvalue weighted by atomic mass is 9.98. The average molecular weight is 344 g/mol. The Labute approximate surface area is 149 Å². The Kier molecular flexibility index (Phi) is 5.71. The Balaban J connectivity index is 1.47. The largest absolute Gasteiger partial charge is 0.351 e. The van der Waals surface area contributed by atoms with Crippen molar-refractivity contribution in [3.05, 3.63) is 29.8 Å². The molecule has 3 rings (SSSR count). The molecular formula is C19H28N4O2. The molecule has 136 valence electrons. The molecule has 0 spiro atoms. The molecule has 0 unspecified atom stereocenters. The summed E-state index contributed by atoms with van der Waals surface area (Å²) in [5, 5.41) is 5.82. The summed E-state index contributed by atoms with van der Waals surface area (Å²) < 4.78 is 0. The molecule has 2 amide bonds. The number of nitrogens with zero attached hydrogens (tertiary/aromatic N) is 1. The van der Waals surface area contributed by atoms with Crippen molar-refractivity contribution in [2.75, 3.05) is 31.5 Å². The predicted octanol–water partition coefficient (Wildman–Crippen LogP) is 1.72. The Morgan fingerprint density at radius 1 is 1.04 bits per heavy atom. The fraction of sp³-hybridized carbons (Fsp3) is 0.579. The van der Waals surface area contributed by atoms with Crippen molar-refractivity contribution < 1.29 is 9.59 Å². The third-order valence-corrected chi connectivity index (χ3v) is 5.27. The molecule has 0 aromatic heterocycles. The number of nitrogens with two attached hydrogens (primary N) is 1. The first-order chi connectivity index (χ1) is 12.1. The summed E-state index contributed by atoms with van der Waals surface area (Å²) in [6.45, 7) is 3.82. The summed E-state index contributed by atoms with van der Waals surface area (Å²) in [7, 11) is 0. The number of anilines is 1. The number of hydrogen-bond donors (Lipinski definition) is 3. The van der Waals surface area contributed by atoms with E-state index < -0.39 is 5.54 Å². The number of carbonyl (C=O) groups is 2. The summed E-state index contributed by atoms with van der Waals surface area (Å²) >= 11 is 0. The van der Waals surface area contributed by atoms with E-state index in [9.17, 15) is 9.59 Å². The van der Waals surface area contributed by atoms with Crippen molar-refractivity contribution in [3.63, 3.8) is 0 Å². The topological polar surface area (TPSA) is 87.5 Å². The van der Waals surface area contributed by atoms with Crippen molar-refractivity contribution in [1.82, 2.24) is 10.2 Å². The molecule has 0 atom stereocenters. The molecule has 2 fully saturated rings. The van der Waals surface area contributed by atoms with Gasteiger partial charge in [-0.3, -0.25) is 9.59 Å². The van der Waals surface area contributed by atoms with Gasteiger partial charge in [0.25, 0.3) is 5.91 Å². The van der Waals surface area contributed by atoms with Crippen LogP contribution in [-0.4, -0.2) is 48.4 Å². The van der Waals surface area contributed by atoms with Crippen LogP contribution in [0, 0.1) is 0 Å². The number of hydrogen-bond acceptors (Lipinski definition) is 4. The van der Waals surface area contributed by atoms with Crippen LogP contribution in [0.5, 0.6) is 0 Å². The molecule has 0 radical (unpaired) electrons. The SMILES string of the molecule is NC1(C(=O)Nc2ccc(C(=O)NCCN3CCCC3)cc2)CCCC1. The summed E-state index contributed by atoms with van der Waals surface area (Å²) in [6, 6.07) is 6.98. The molecule has 6 nitrogen and oxygen atoms in total. The zero-order chi connectivity index (χ0) is 17.7. The average Bonchev–Trinajstić information content (AvgIpc) is 3.28. The highest BCUT2D eigenvalue weighted by molar-refractivity contribution is 5.99. The normalized spacial score (nSPS) is 19.7. The minimum Gasteiger partial charge on any atom is -0.351 e. The minimum absolute atomic E-state index is 0.0804. The number of rotatable bonds is 6. The molecule has 1 heterocycles. The van der Waals surface area contributed by atoms with Crippen molar-refractivity contribution in [3.8, 4) is 0 Å². The smallest absolute Gasteiger partial charge is 0.251 e. The van der Waals surface area contributed by atoms with Gasteiger partial charge in [0.05, 0.1) is 5.54 Å². The summed E-state index contributed by atoms with van der Waals surface area (Å²) in [4.78, 5) is 26.8. The van der Waals surface area contributed by atoms with Crippen LogP contribution in [0.1, 0.15) is 48.9 Å². The van der Waals surface area contributed by atoms with E-state index in [1.165, 1.54) is 12.8 Å². The monoisotopic (exact) mass is 344 g/mol. The molecule has 1 aliphatic carbocycles. The Bertz CT molecular complexity index is 602. The first-order valence-corrected chi connectivity index (χ1v) is 9.28. The number of benzene rings is 1. The van der Waals surface area contributed by atoms with E-state index in [0.717, 1.165) is 45.3 Å².